The van der Waals surface area contributed by atoms with E-state index < -0.39 is 8.25 Å². The van der Waals surface area contributed by atoms with E-state index in [4.69, 9.17) is 9.05 Å². The highest BCUT2D eigenvalue weighted by molar-refractivity contribution is 7.34. The van der Waals surface area contributed by atoms with Crippen LogP contribution >= 0.6 is 8.25 Å². The summed E-state index contributed by atoms with van der Waals surface area (Å²) in [5, 5.41) is 0. The van der Waals surface area contributed by atoms with Crippen molar-refractivity contribution < 1.29 is 13.6 Å². The third-order valence-corrected chi connectivity index (χ3v) is 5.69. The Balaban J connectivity index is 1.74. The lowest BCUT2D eigenvalue weighted by Crippen LogP contribution is -1.91. The molecule has 28 heavy (non-hydrogen) atoms. The SMILES string of the molecule is CCCCCCc1ccc(O[PH](=O)Oc2ccc(CCCCCC)cc2)cc1. The molecule has 3 nitrogen and oxygen atoms in total. The molecule has 0 saturated heterocycles. The number of hydrogen-bond donors (Lipinski definition) is 0. The van der Waals surface area contributed by atoms with Crippen molar-refractivity contribution >= 4 is 8.25 Å². The summed E-state index contributed by atoms with van der Waals surface area (Å²) in [6.07, 6.45) is 12.2. The third kappa shape index (κ3) is 8.97. The predicted octanol–water partition coefficient (Wildman–Crippen LogP) is 7.78. The minimum absolute atomic E-state index is 0.591. The molecule has 2 aromatic rings. The number of hydrogen-bond acceptors (Lipinski definition) is 3. The molecule has 0 amide bonds. The maximum atomic E-state index is 12.2. The Bertz CT molecular complexity index is 621. The maximum absolute atomic E-state index is 12.2. The van der Waals surface area contributed by atoms with Gasteiger partial charge in [0, 0.05) is 0 Å². The maximum Gasteiger partial charge on any atom is 0.418 e. The normalized spacial score (nSPS) is 11.0. The molecule has 2 rings (SSSR count). The molecule has 0 heterocycles. The Kier molecular flexibility index (Phi) is 10.8. The van der Waals surface area contributed by atoms with E-state index in [2.05, 4.69) is 13.8 Å². The molecule has 154 valence electrons. The Morgan fingerprint density at radius 1 is 0.607 bits per heavy atom. The van der Waals surface area contributed by atoms with E-state index in [1.165, 1.54) is 62.5 Å². The van der Waals surface area contributed by atoms with E-state index in [9.17, 15) is 4.57 Å². The Hall–Kier alpha value is -1.73. The molecular weight excluding hydrogens is 367 g/mol. The second-order valence-electron chi connectivity index (χ2n) is 7.36. The van der Waals surface area contributed by atoms with Crippen LogP contribution in [0.15, 0.2) is 48.5 Å². The lowest BCUT2D eigenvalue weighted by molar-refractivity contribution is 0.415. The first-order valence-electron chi connectivity index (χ1n) is 10.8. The van der Waals surface area contributed by atoms with E-state index in [0.29, 0.717) is 11.5 Å². The highest BCUT2D eigenvalue weighted by atomic mass is 31.1. The Labute approximate surface area is 171 Å². The molecule has 0 aliphatic rings. The minimum atomic E-state index is -2.62. The largest absolute Gasteiger partial charge is 0.418 e. The number of benzene rings is 2. The monoisotopic (exact) mass is 402 g/mol. The molecule has 0 radical (unpaired) electrons. The van der Waals surface area contributed by atoms with Crippen molar-refractivity contribution in [2.45, 2.75) is 78.1 Å². The average Bonchev–Trinajstić information content (AvgIpc) is 2.71. The van der Waals surface area contributed by atoms with Crippen molar-refractivity contribution in [1.29, 1.82) is 0 Å². The van der Waals surface area contributed by atoms with Crippen LogP contribution in [0.4, 0.5) is 0 Å². The van der Waals surface area contributed by atoms with Crippen molar-refractivity contribution in [3.63, 3.8) is 0 Å². The van der Waals surface area contributed by atoms with E-state index in [1.807, 2.05) is 48.5 Å². The van der Waals surface area contributed by atoms with E-state index in [-0.39, 0.29) is 0 Å². The second-order valence-corrected chi connectivity index (χ2v) is 8.27. The van der Waals surface area contributed by atoms with Crippen molar-refractivity contribution in [1.82, 2.24) is 0 Å². The first-order chi connectivity index (χ1) is 13.7. The van der Waals surface area contributed by atoms with Gasteiger partial charge in [-0.3, -0.25) is 0 Å². The van der Waals surface area contributed by atoms with Crippen LogP contribution in [0.5, 0.6) is 11.5 Å². The summed E-state index contributed by atoms with van der Waals surface area (Å²) < 4.78 is 23.1. The molecule has 0 bridgehead atoms. The average molecular weight is 403 g/mol. The van der Waals surface area contributed by atoms with Crippen LogP contribution < -0.4 is 9.05 Å². The van der Waals surface area contributed by atoms with Crippen molar-refractivity contribution in [3.05, 3.63) is 59.7 Å². The van der Waals surface area contributed by atoms with Gasteiger partial charge in [0.25, 0.3) is 0 Å². The molecule has 0 N–H and O–H groups in total. The molecule has 0 atom stereocenters. The lowest BCUT2D eigenvalue weighted by Gasteiger charge is -2.09. The summed E-state index contributed by atoms with van der Waals surface area (Å²) >= 11 is 0. The van der Waals surface area contributed by atoms with Gasteiger partial charge in [-0.1, -0.05) is 76.6 Å². The third-order valence-electron chi connectivity index (χ3n) is 4.89. The topological polar surface area (TPSA) is 35.5 Å². The zero-order valence-electron chi connectivity index (χ0n) is 17.4. The van der Waals surface area contributed by atoms with Crippen LogP contribution in [-0.2, 0) is 17.4 Å². The first kappa shape index (κ1) is 22.6. The molecule has 0 fully saturated rings. The summed E-state index contributed by atoms with van der Waals surface area (Å²) in [4.78, 5) is 0. The van der Waals surface area contributed by atoms with Gasteiger partial charge in [0.1, 0.15) is 11.5 Å². The molecule has 4 heteroatoms. The molecule has 0 spiro atoms. The fourth-order valence-corrected chi connectivity index (χ4v) is 3.87. The van der Waals surface area contributed by atoms with E-state index in [1.54, 1.807) is 0 Å². The molecule has 0 aliphatic carbocycles. The summed E-state index contributed by atoms with van der Waals surface area (Å²) in [6.45, 7) is 4.44. The lowest BCUT2D eigenvalue weighted by atomic mass is 10.1. The highest BCUT2D eigenvalue weighted by Crippen LogP contribution is 2.31. The van der Waals surface area contributed by atoms with Gasteiger partial charge in [0.15, 0.2) is 0 Å². The van der Waals surface area contributed by atoms with Crippen molar-refractivity contribution in [2.24, 2.45) is 0 Å². The molecule has 0 aromatic heterocycles. The van der Waals surface area contributed by atoms with E-state index >= 15 is 0 Å². The predicted molar refractivity (Wildman–Crippen MR) is 119 cm³/mol. The quantitative estimate of drug-likeness (QED) is 0.239. The molecule has 0 saturated carbocycles. The van der Waals surface area contributed by atoms with Crippen LogP contribution in [0.3, 0.4) is 0 Å². The first-order valence-corrected chi connectivity index (χ1v) is 12.0. The van der Waals surface area contributed by atoms with Gasteiger partial charge in [-0.25, -0.2) is 4.57 Å². The molecule has 2 aromatic carbocycles. The number of rotatable bonds is 14. The zero-order chi connectivity index (χ0) is 20.0. The van der Waals surface area contributed by atoms with Crippen LogP contribution in [0.1, 0.15) is 76.3 Å². The fourth-order valence-electron chi connectivity index (χ4n) is 3.17. The molecule has 0 unspecified atom stereocenters. The summed E-state index contributed by atoms with van der Waals surface area (Å²) in [5.41, 5.74) is 2.58. The zero-order valence-corrected chi connectivity index (χ0v) is 18.4. The van der Waals surface area contributed by atoms with Crippen LogP contribution in [-0.4, -0.2) is 0 Å². The smallest absolute Gasteiger partial charge is 0.418 e. The second kappa shape index (κ2) is 13.4. The van der Waals surface area contributed by atoms with Gasteiger partial charge in [-0.05, 0) is 61.1 Å². The van der Waals surface area contributed by atoms with Gasteiger partial charge in [-0.15, -0.1) is 0 Å². The minimum Gasteiger partial charge on any atom is -0.418 e. The Morgan fingerprint density at radius 2 is 1.00 bits per heavy atom. The Morgan fingerprint density at radius 3 is 1.36 bits per heavy atom. The summed E-state index contributed by atoms with van der Waals surface area (Å²) in [7, 11) is -2.62. The van der Waals surface area contributed by atoms with Crippen LogP contribution in [0.2, 0.25) is 0 Å². The van der Waals surface area contributed by atoms with Gasteiger partial charge in [0.2, 0.25) is 0 Å². The number of unbranched alkanes of at least 4 members (excludes halogenated alkanes) is 6. The number of aryl methyl sites for hydroxylation is 2. The van der Waals surface area contributed by atoms with Crippen LogP contribution in [0.25, 0.3) is 0 Å². The van der Waals surface area contributed by atoms with Crippen molar-refractivity contribution in [3.8, 4) is 11.5 Å². The van der Waals surface area contributed by atoms with Gasteiger partial charge in [0.05, 0.1) is 0 Å². The van der Waals surface area contributed by atoms with E-state index in [0.717, 1.165) is 12.8 Å². The standard InChI is InChI=1S/C24H35O3P/c1-3-5-7-9-11-21-13-17-23(18-14-21)26-28(25)27-24-19-15-22(16-20-24)12-10-8-6-4-2/h13-20,28H,3-12H2,1-2H3. The van der Waals surface area contributed by atoms with Gasteiger partial charge in [-0.2, -0.15) is 0 Å². The van der Waals surface area contributed by atoms with Crippen molar-refractivity contribution in [2.75, 3.05) is 0 Å². The molecule has 0 aliphatic heterocycles. The van der Waals surface area contributed by atoms with Crippen LogP contribution in [0, 0.1) is 0 Å². The summed E-state index contributed by atoms with van der Waals surface area (Å²) in [6, 6.07) is 15.7. The van der Waals surface area contributed by atoms with Gasteiger partial charge >= 0.3 is 8.25 Å². The highest BCUT2D eigenvalue weighted by Gasteiger charge is 2.05. The van der Waals surface area contributed by atoms with Gasteiger partial charge < -0.3 is 9.05 Å². The fraction of sp³-hybridized carbons (Fsp3) is 0.500. The molecular formula is C24H35O3P. The summed E-state index contributed by atoms with van der Waals surface area (Å²) in [5.74, 6) is 1.18.